The standard InChI is InChI=1S/C22H19F3N2O3S2/c23-22(24,25)16-5-4-6-18(15-16)27-32(29,30)20-11-9-17(10-12-20)26-21(28)13-14-31-19-7-2-1-3-8-19/h1-12,15,27H,13-14H2,(H,26,28). The molecule has 1 amide bonds. The summed E-state index contributed by atoms with van der Waals surface area (Å²) < 4.78 is 65.6. The first-order valence-electron chi connectivity index (χ1n) is 9.41. The summed E-state index contributed by atoms with van der Waals surface area (Å²) in [5, 5.41) is 2.69. The first-order chi connectivity index (χ1) is 15.1. The maximum absolute atomic E-state index is 12.8. The molecule has 0 bridgehead atoms. The van der Waals surface area contributed by atoms with Gasteiger partial charge in [-0.05, 0) is 54.6 Å². The minimum Gasteiger partial charge on any atom is -0.326 e. The van der Waals surface area contributed by atoms with Gasteiger partial charge in [-0.15, -0.1) is 11.8 Å². The van der Waals surface area contributed by atoms with Crippen molar-refractivity contribution in [1.29, 1.82) is 0 Å². The number of sulfonamides is 1. The average Bonchev–Trinajstić information content (AvgIpc) is 2.74. The van der Waals surface area contributed by atoms with Crippen LogP contribution in [0, 0.1) is 0 Å². The van der Waals surface area contributed by atoms with Crippen molar-refractivity contribution in [2.45, 2.75) is 22.4 Å². The van der Waals surface area contributed by atoms with Crippen LogP contribution in [-0.2, 0) is 21.0 Å². The molecule has 3 rings (SSSR count). The molecular weight excluding hydrogens is 461 g/mol. The fourth-order valence-electron chi connectivity index (χ4n) is 2.69. The Kier molecular flexibility index (Phi) is 7.47. The molecule has 2 N–H and O–H groups in total. The number of carbonyl (C=O) groups excluding carboxylic acids is 1. The van der Waals surface area contributed by atoms with E-state index in [0.717, 1.165) is 23.1 Å². The van der Waals surface area contributed by atoms with Gasteiger partial charge in [-0.3, -0.25) is 9.52 Å². The van der Waals surface area contributed by atoms with Gasteiger partial charge in [-0.1, -0.05) is 24.3 Å². The number of hydrogen-bond acceptors (Lipinski definition) is 4. The van der Waals surface area contributed by atoms with Crippen molar-refractivity contribution < 1.29 is 26.4 Å². The predicted molar refractivity (Wildman–Crippen MR) is 119 cm³/mol. The highest BCUT2D eigenvalue weighted by atomic mass is 32.2. The second-order valence-corrected chi connectivity index (χ2v) is 9.52. The van der Waals surface area contributed by atoms with E-state index in [1.165, 1.54) is 30.3 Å². The molecule has 0 aromatic heterocycles. The van der Waals surface area contributed by atoms with Crippen LogP contribution < -0.4 is 10.0 Å². The number of anilines is 2. The zero-order chi connectivity index (χ0) is 23.2. The second kappa shape index (κ2) is 10.1. The van der Waals surface area contributed by atoms with Gasteiger partial charge in [0, 0.05) is 28.4 Å². The number of hydrogen-bond donors (Lipinski definition) is 2. The van der Waals surface area contributed by atoms with Crippen LogP contribution in [0.1, 0.15) is 12.0 Å². The topological polar surface area (TPSA) is 75.3 Å². The van der Waals surface area contributed by atoms with Crippen LogP contribution >= 0.6 is 11.8 Å². The third-order valence-electron chi connectivity index (χ3n) is 4.23. The molecule has 0 aliphatic carbocycles. The SMILES string of the molecule is O=C(CCSc1ccccc1)Nc1ccc(S(=O)(=O)Nc2cccc(C(F)(F)F)c2)cc1. The minimum absolute atomic E-state index is 0.146. The van der Waals surface area contributed by atoms with Crippen molar-refractivity contribution in [1.82, 2.24) is 0 Å². The molecular formula is C22H19F3N2O3S2. The van der Waals surface area contributed by atoms with E-state index >= 15 is 0 Å². The number of benzene rings is 3. The van der Waals surface area contributed by atoms with Gasteiger partial charge < -0.3 is 5.32 Å². The monoisotopic (exact) mass is 480 g/mol. The van der Waals surface area contributed by atoms with E-state index < -0.39 is 21.8 Å². The number of amides is 1. The Morgan fingerprint density at radius 2 is 1.56 bits per heavy atom. The summed E-state index contributed by atoms with van der Waals surface area (Å²) in [5.41, 5.74) is -0.743. The summed E-state index contributed by atoms with van der Waals surface area (Å²) in [6.45, 7) is 0. The lowest BCUT2D eigenvalue weighted by Crippen LogP contribution is -2.15. The lowest BCUT2D eigenvalue weighted by Gasteiger charge is -2.12. The van der Waals surface area contributed by atoms with Crippen molar-refractivity contribution in [3.63, 3.8) is 0 Å². The number of halogens is 3. The lowest BCUT2D eigenvalue weighted by atomic mass is 10.2. The van der Waals surface area contributed by atoms with Gasteiger partial charge in [-0.2, -0.15) is 13.2 Å². The van der Waals surface area contributed by atoms with Gasteiger partial charge in [0.2, 0.25) is 5.91 Å². The molecule has 0 heterocycles. The molecule has 0 saturated heterocycles. The van der Waals surface area contributed by atoms with E-state index in [2.05, 4.69) is 10.0 Å². The van der Waals surface area contributed by atoms with Gasteiger partial charge in [0.1, 0.15) is 0 Å². The van der Waals surface area contributed by atoms with Gasteiger partial charge in [0.25, 0.3) is 10.0 Å². The van der Waals surface area contributed by atoms with Crippen LogP contribution in [-0.4, -0.2) is 20.1 Å². The first-order valence-corrected chi connectivity index (χ1v) is 11.9. The van der Waals surface area contributed by atoms with Crippen molar-refractivity contribution in [3.05, 3.63) is 84.4 Å². The van der Waals surface area contributed by atoms with Crippen LogP contribution in [0.15, 0.2) is 88.7 Å². The van der Waals surface area contributed by atoms with Crippen LogP contribution in [0.4, 0.5) is 24.5 Å². The van der Waals surface area contributed by atoms with E-state index in [-0.39, 0.29) is 22.9 Å². The molecule has 3 aromatic rings. The number of nitrogens with one attached hydrogen (secondary N) is 2. The summed E-state index contributed by atoms with van der Waals surface area (Å²) >= 11 is 1.55. The highest BCUT2D eigenvalue weighted by Gasteiger charge is 2.30. The molecule has 0 atom stereocenters. The summed E-state index contributed by atoms with van der Waals surface area (Å²) in [6.07, 6.45) is -4.31. The highest BCUT2D eigenvalue weighted by molar-refractivity contribution is 7.99. The van der Waals surface area contributed by atoms with Crippen LogP contribution in [0.2, 0.25) is 0 Å². The summed E-state index contributed by atoms with van der Waals surface area (Å²) in [5.74, 6) is 0.370. The average molecular weight is 481 g/mol. The zero-order valence-electron chi connectivity index (χ0n) is 16.6. The molecule has 0 spiro atoms. The Morgan fingerprint density at radius 1 is 0.875 bits per heavy atom. The van der Waals surface area contributed by atoms with Crippen LogP contribution in [0.25, 0.3) is 0 Å². The van der Waals surface area contributed by atoms with Gasteiger partial charge in [0.15, 0.2) is 0 Å². The molecule has 0 fully saturated rings. The Hall–Kier alpha value is -2.98. The van der Waals surface area contributed by atoms with E-state index in [1.54, 1.807) is 11.8 Å². The first kappa shape index (κ1) is 23.7. The lowest BCUT2D eigenvalue weighted by molar-refractivity contribution is -0.137. The largest absolute Gasteiger partial charge is 0.416 e. The summed E-state index contributed by atoms with van der Waals surface area (Å²) in [7, 11) is -4.10. The molecule has 168 valence electrons. The van der Waals surface area contributed by atoms with E-state index in [1.807, 2.05) is 30.3 Å². The summed E-state index contributed by atoms with van der Waals surface area (Å²) in [6, 6.07) is 19.0. The number of alkyl halides is 3. The van der Waals surface area contributed by atoms with Crippen LogP contribution in [0.3, 0.4) is 0 Å². The van der Waals surface area contributed by atoms with Crippen LogP contribution in [0.5, 0.6) is 0 Å². The molecule has 0 unspecified atom stereocenters. The maximum atomic E-state index is 12.8. The second-order valence-electron chi connectivity index (χ2n) is 6.67. The molecule has 0 aliphatic heterocycles. The van der Waals surface area contributed by atoms with E-state index in [9.17, 15) is 26.4 Å². The minimum atomic E-state index is -4.58. The van der Waals surface area contributed by atoms with Crippen molar-refractivity contribution in [2.75, 3.05) is 15.8 Å². The molecule has 0 aliphatic rings. The van der Waals surface area contributed by atoms with E-state index in [0.29, 0.717) is 11.4 Å². The van der Waals surface area contributed by atoms with Gasteiger partial charge in [-0.25, -0.2) is 8.42 Å². The molecule has 3 aromatic carbocycles. The smallest absolute Gasteiger partial charge is 0.326 e. The van der Waals surface area contributed by atoms with Crippen molar-refractivity contribution in [2.24, 2.45) is 0 Å². The number of carbonyl (C=O) groups is 1. The quantitative estimate of drug-likeness (QED) is 0.410. The van der Waals surface area contributed by atoms with Crippen molar-refractivity contribution in [3.8, 4) is 0 Å². The molecule has 5 nitrogen and oxygen atoms in total. The summed E-state index contributed by atoms with van der Waals surface area (Å²) in [4.78, 5) is 13.0. The number of rotatable bonds is 8. The predicted octanol–water partition coefficient (Wildman–Crippen LogP) is 5.63. The third kappa shape index (κ3) is 6.76. The van der Waals surface area contributed by atoms with Crippen molar-refractivity contribution >= 4 is 39.1 Å². The Balaban J connectivity index is 1.57. The molecule has 0 saturated carbocycles. The highest BCUT2D eigenvalue weighted by Crippen LogP contribution is 2.31. The normalized spacial score (nSPS) is 11.7. The Bertz CT molecular complexity index is 1170. The fraction of sp³-hybridized carbons (Fsp3) is 0.136. The van der Waals surface area contributed by atoms with Gasteiger partial charge in [0.05, 0.1) is 10.5 Å². The Morgan fingerprint density at radius 3 is 2.22 bits per heavy atom. The zero-order valence-corrected chi connectivity index (χ0v) is 18.2. The molecule has 10 heteroatoms. The van der Waals surface area contributed by atoms with Gasteiger partial charge >= 0.3 is 6.18 Å². The third-order valence-corrected chi connectivity index (χ3v) is 6.64. The molecule has 32 heavy (non-hydrogen) atoms. The number of thioether (sulfide) groups is 1. The fourth-order valence-corrected chi connectivity index (χ4v) is 4.61. The Labute approximate surface area is 188 Å². The molecule has 0 radical (unpaired) electrons. The maximum Gasteiger partial charge on any atom is 0.416 e. The van der Waals surface area contributed by atoms with E-state index in [4.69, 9.17) is 0 Å².